The lowest BCUT2D eigenvalue weighted by molar-refractivity contribution is -0.256. The molecule has 1 rings (SSSR count). The van der Waals surface area contributed by atoms with E-state index in [2.05, 4.69) is 4.74 Å². The first-order chi connectivity index (χ1) is 4.79. The van der Waals surface area contributed by atoms with Crippen molar-refractivity contribution < 1.29 is 17.9 Å². The number of hydrogen-bond donors (Lipinski definition) is 0. The van der Waals surface area contributed by atoms with E-state index >= 15 is 0 Å². The van der Waals surface area contributed by atoms with Crippen molar-refractivity contribution >= 4 is 0 Å². The van der Waals surface area contributed by atoms with E-state index in [0.29, 0.717) is 0 Å². The highest BCUT2D eigenvalue weighted by molar-refractivity contribution is 5.24. The molecule has 64 valence electrons. The van der Waals surface area contributed by atoms with Crippen LogP contribution in [0.1, 0.15) is 20.8 Å². The monoisotopic (exact) mass is 166 g/mol. The summed E-state index contributed by atoms with van der Waals surface area (Å²) in [6.07, 6.45) is -3.71. The van der Waals surface area contributed by atoms with Crippen molar-refractivity contribution in [3.8, 4) is 0 Å². The molecule has 1 heterocycles. The predicted octanol–water partition coefficient (Wildman–Crippen LogP) is 2.63. The van der Waals surface area contributed by atoms with Crippen molar-refractivity contribution in [2.75, 3.05) is 0 Å². The van der Waals surface area contributed by atoms with E-state index < -0.39 is 11.8 Å². The van der Waals surface area contributed by atoms with Gasteiger partial charge in [-0.25, -0.2) is 4.39 Å². The average Bonchev–Trinajstić information content (AvgIpc) is 1.93. The molecule has 0 saturated heterocycles. The maximum Gasteiger partial charge on any atom is 0.436 e. The van der Waals surface area contributed by atoms with Crippen LogP contribution in [0, 0.1) is 0 Å². The molecule has 0 amide bonds. The number of allylic oxidation sites excluding steroid dienone is 1. The minimum atomic E-state index is -3.71. The second-order valence-electron chi connectivity index (χ2n) is 2.80. The highest BCUT2D eigenvalue weighted by atomic mass is 19.3. The molecule has 1 atom stereocenters. The van der Waals surface area contributed by atoms with Crippen LogP contribution in [-0.2, 0) is 4.74 Å². The van der Waals surface area contributed by atoms with Gasteiger partial charge < -0.3 is 4.74 Å². The van der Waals surface area contributed by atoms with E-state index in [1.807, 2.05) is 0 Å². The van der Waals surface area contributed by atoms with Gasteiger partial charge in [0.1, 0.15) is 5.76 Å². The topological polar surface area (TPSA) is 9.23 Å². The molecule has 0 N–H and O–H groups in total. The third-order valence-corrected chi connectivity index (χ3v) is 2.06. The van der Waals surface area contributed by atoms with Gasteiger partial charge in [0, 0.05) is 5.57 Å². The van der Waals surface area contributed by atoms with Crippen LogP contribution in [0.5, 0.6) is 0 Å². The van der Waals surface area contributed by atoms with Crippen LogP contribution in [0.25, 0.3) is 0 Å². The molecule has 0 saturated carbocycles. The van der Waals surface area contributed by atoms with Crippen molar-refractivity contribution in [2.45, 2.75) is 32.5 Å². The average molecular weight is 166 g/mol. The summed E-state index contributed by atoms with van der Waals surface area (Å²) >= 11 is 0. The van der Waals surface area contributed by atoms with Crippen molar-refractivity contribution in [1.82, 2.24) is 0 Å². The Balaban J connectivity index is 3.08. The highest BCUT2D eigenvalue weighted by Gasteiger charge is 2.60. The molecule has 1 aliphatic rings. The van der Waals surface area contributed by atoms with Crippen LogP contribution in [0.3, 0.4) is 0 Å². The number of ether oxygens (including phenoxy) is 1. The van der Waals surface area contributed by atoms with Gasteiger partial charge >= 0.3 is 6.11 Å². The van der Waals surface area contributed by atoms with Gasteiger partial charge in [0.2, 0.25) is 5.67 Å². The van der Waals surface area contributed by atoms with Gasteiger partial charge in [-0.05, 0) is 20.8 Å². The number of halogens is 3. The van der Waals surface area contributed by atoms with Crippen LogP contribution in [0.15, 0.2) is 11.3 Å². The van der Waals surface area contributed by atoms with Crippen molar-refractivity contribution in [1.29, 1.82) is 0 Å². The van der Waals surface area contributed by atoms with Crippen molar-refractivity contribution in [3.63, 3.8) is 0 Å². The van der Waals surface area contributed by atoms with Crippen LogP contribution in [0.4, 0.5) is 13.2 Å². The maximum atomic E-state index is 13.1. The second kappa shape index (κ2) is 1.93. The Morgan fingerprint density at radius 2 is 1.64 bits per heavy atom. The Morgan fingerprint density at radius 3 is 1.73 bits per heavy atom. The largest absolute Gasteiger partial charge is 0.436 e. The quantitative estimate of drug-likeness (QED) is 0.537. The first-order valence-electron chi connectivity index (χ1n) is 3.23. The van der Waals surface area contributed by atoms with Crippen LogP contribution >= 0.6 is 0 Å². The van der Waals surface area contributed by atoms with E-state index in [1.165, 1.54) is 13.8 Å². The summed E-state index contributed by atoms with van der Waals surface area (Å²) in [5.74, 6) is -0.0278. The SMILES string of the molecule is CC1=C(C)C(C)(F)C(F)(F)O1. The van der Waals surface area contributed by atoms with Crippen LogP contribution < -0.4 is 0 Å². The Labute approximate surface area is 62.8 Å². The van der Waals surface area contributed by atoms with Crippen molar-refractivity contribution in [2.24, 2.45) is 0 Å². The summed E-state index contributed by atoms with van der Waals surface area (Å²) in [6, 6.07) is 0. The summed E-state index contributed by atoms with van der Waals surface area (Å²) in [7, 11) is 0. The molecule has 0 fully saturated rings. The Hall–Kier alpha value is -0.670. The number of rotatable bonds is 0. The van der Waals surface area contributed by atoms with E-state index in [4.69, 9.17) is 0 Å². The number of hydrogen-bond acceptors (Lipinski definition) is 1. The standard InChI is InChI=1S/C7H9F3O/c1-4-5(2)11-7(9,10)6(4,3)8/h1-3H3. The van der Waals surface area contributed by atoms with E-state index in [1.54, 1.807) is 0 Å². The molecule has 11 heavy (non-hydrogen) atoms. The van der Waals surface area contributed by atoms with Gasteiger partial charge in [0.05, 0.1) is 0 Å². The Bertz CT molecular complexity index is 218. The summed E-state index contributed by atoms with van der Waals surface area (Å²) in [4.78, 5) is 0. The summed E-state index contributed by atoms with van der Waals surface area (Å²) in [5, 5.41) is 0. The molecule has 0 aromatic heterocycles. The molecule has 0 radical (unpaired) electrons. The fourth-order valence-electron chi connectivity index (χ4n) is 0.914. The molecular formula is C7H9F3O. The second-order valence-corrected chi connectivity index (χ2v) is 2.80. The summed E-state index contributed by atoms with van der Waals surface area (Å²) in [5.41, 5.74) is -2.70. The first kappa shape index (κ1) is 8.43. The zero-order valence-electron chi connectivity index (χ0n) is 6.54. The maximum absolute atomic E-state index is 13.1. The van der Waals surface area contributed by atoms with Gasteiger partial charge in [-0.3, -0.25) is 0 Å². The van der Waals surface area contributed by atoms with Gasteiger partial charge in [-0.2, -0.15) is 8.78 Å². The molecule has 0 aromatic rings. The van der Waals surface area contributed by atoms with Crippen molar-refractivity contribution in [3.05, 3.63) is 11.3 Å². The van der Waals surface area contributed by atoms with Gasteiger partial charge in [-0.1, -0.05) is 0 Å². The highest BCUT2D eigenvalue weighted by Crippen LogP contribution is 2.47. The fourth-order valence-corrected chi connectivity index (χ4v) is 0.914. The summed E-state index contributed by atoms with van der Waals surface area (Å²) < 4.78 is 42.3. The molecule has 0 spiro atoms. The lowest BCUT2D eigenvalue weighted by Crippen LogP contribution is -2.39. The van der Waals surface area contributed by atoms with E-state index in [-0.39, 0.29) is 11.3 Å². The van der Waals surface area contributed by atoms with Crippen LogP contribution in [0.2, 0.25) is 0 Å². The third kappa shape index (κ3) is 0.921. The molecule has 0 bridgehead atoms. The lowest BCUT2D eigenvalue weighted by Gasteiger charge is -2.21. The van der Waals surface area contributed by atoms with Gasteiger partial charge in [0.15, 0.2) is 0 Å². The molecule has 1 aliphatic heterocycles. The third-order valence-electron chi connectivity index (χ3n) is 2.06. The molecule has 1 unspecified atom stereocenters. The van der Waals surface area contributed by atoms with E-state index in [9.17, 15) is 13.2 Å². The zero-order valence-corrected chi connectivity index (χ0v) is 6.54. The number of alkyl halides is 3. The van der Waals surface area contributed by atoms with Crippen LogP contribution in [-0.4, -0.2) is 11.8 Å². The fraction of sp³-hybridized carbons (Fsp3) is 0.714. The normalized spacial score (nSPS) is 35.8. The Kier molecular flexibility index (Phi) is 1.48. The van der Waals surface area contributed by atoms with Gasteiger partial charge in [0.25, 0.3) is 0 Å². The molecular weight excluding hydrogens is 157 g/mol. The molecule has 1 nitrogen and oxygen atoms in total. The molecule has 0 aromatic carbocycles. The molecule has 0 aliphatic carbocycles. The Morgan fingerprint density at radius 1 is 1.18 bits per heavy atom. The first-order valence-corrected chi connectivity index (χ1v) is 3.23. The smallest absolute Gasteiger partial charge is 0.435 e. The predicted molar refractivity (Wildman–Crippen MR) is 33.9 cm³/mol. The lowest BCUT2D eigenvalue weighted by atomic mass is 10.00. The minimum Gasteiger partial charge on any atom is -0.435 e. The zero-order chi connectivity index (χ0) is 8.86. The minimum absolute atomic E-state index is 0.0278. The van der Waals surface area contributed by atoms with E-state index in [0.717, 1.165) is 6.92 Å². The van der Waals surface area contributed by atoms with Gasteiger partial charge in [-0.15, -0.1) is 0 Å². The summed E-state index contributed by atoms with van der Waals surface area (Å²) in [6.45, 7) is 3.45. The molecule has 4 heteroatoms.